The molecule has 1 N–H and O–H groups in total. The minimum absolute atomic E-state index is 0.371. The zero-order valence-electron chi connectivity index (χ0n) is 9.14. The van der Waals surface area contributed by atoms with Gasteiger partial charge in [-0.3, -0.25) is 0 Å². The molecule has 0 fully saturated rings. The van der Waals surface area contributed by atoms with Crippen LogP contribution in [0.4, 0.5) is 0 Å². The molecule has 0 bridgehead atoms. The molecule has 16 heavy (non-hydrogen) atoms. The van der Waals surface area contributed by atoms with E-state index in [4.69, 9.17) is 16.5 Å². The second-order valence-corrected chi connectivity index (χ2v) is 3.03. The summed E-state index contributed by atoms with van der Waals surface area (Å²) in [5.41, 5.74) is 2.39. The Morgan fingerprint density at radius 1 is 1.38 bits per heavy atom. The van der Waals surface area contributed by atoms with E-state index in [1.54, 1.807) is 31.2 Å². The topological polar surface area (TPSA) is 54.2 Å². The molecule has 0 aliphatic carbocycles. The minimum atomic E-state index is 0.371. The summed E-state index contributed by atoms with van der Waals surface area (Å²) in [7, 11) is 1.43. The maximum absolute atomic E-state index is 8.71. The van der Waals surface area contributed by atoms with Crippen LogP contribution in [0.15, 0.2) is 34.6 Å². The largest absolute Gasteiger partial charge is 0.411 e. The van der Waals surface area contributed by atoms with Gasteiger partial charge in [0.05, 0.1) is 0 Å². The predicted octanol–water partition coefficient (Wildman–Crippen LogP) is 1.87. The Labute approximate surface area is 94.2 Å². The summed E-state index contributed by atoms with van der Waals surface area (Å²) in [6.07, 6.45) is 5.25. The standard InChI is InChI=1S/C12H12N2O2/c1-4-10-5-7-11(8-6-10)12(14-16-3)9(2)13-15/h1,5-8,15H,2-3H3/b13-9?,14-12+. The summed E-state index contributed by atoms with van der Waals surface area (Å²) < 4.78 is 0. The molecule has 4 nitrogen and oxygen atoms in total. The molecule has 0 spiro atoms. The highest BCUT2D eigenvalue weighted by Crippen LogP contribution is 2.06. The van der Waals surface area contributed by atoms with Gasteiger partial charge >= 0.3 is 0 Å². The van der Waals surface area contributed by atoms with Gasteiger partial charge in [-0.2, -0.15) is 0 Å². The van der Waals surface area contributed by atoms with E-state index >= 15 is 0 Å². The van der Waals surface area contributed by atoms with Gasteiger partial charge in [-0.1, -0.05) is 28.4 Å². The van der Waals surface area contributed by atoms with E-state index in [0.29, 0.717) is 11.4 Å². The van der Waals surface area contributed by atoms with E-state index < -0.39 is 0 Å². The van der Waals surface area contributed by atoms with Gasteiger partial charge in [0.1, 0.15) is 18.5 Å². The van der Waals surface area contributed by atoms with Crippen molar-refractivity contribution in [3.8, 4) is 12.3 Å². The van der Waals surface area contributed by atoms with E-state index in [2.05, 4.69) is 16.2 Å². The Bertz CT molecular complexity index is 453. The first-order chi connectivity index (χ1) is 7.72. The van der Waals surface area contributed by atoms with Crippen LogP contribution in [-0.4, -0.2) is 23.7 Å². The smallest absolute Gasteiger partial charge is 0.134 e. The molecule has 0 saturated heterocycles. The Hall–Kier alpha value is -2.28. The van der Waals surface area contributed by atoms with Gasteiger partial charge in [-0.15, -0.1) is 6.42 Å². The van der Waals surface area contributed by atoms with Crippen LogP contribution in [0.25, 0.3) is 0 Å². The second kappa shape index (κ2) is 5.56. The molecule has 0 aliphatic heterocycles. The molecule has 1 rings (SSSR count). The molecule has 82 valence electrons. The van der Waals surface area contributed by atoms with Crippen molar-refractivity contribution in [2.45, 2.75) is 6.92 Å². The minimum Gasteiger partial charge on any atom is -0.411 e. The lowest BCUT2D eigenvalue weighted by Gasteiger charge is -2.04. The lowest BCUT2D eigenvalue weighted by Crippen LogP contribution is -2.12. The molecule has 1 aromatic carbocycles. The van der Waals surface area contributed by atoms with Crippen LogP contribution in [0, 0.1) is 12.3 Å². The molecule has 0 saturated carbocycles. The van der Waals surface area contributed by atoms with E-state index in [-0.39, 0.29) is 0 Å². The number of rotatable bonds is 3. The molecule has 0 heterocycles. The summed E-state index contributed by atoms with van der Waals surface area (Å²) in [5.74, 6) is 2.52. The molecular formula is C12H12N2O2. The first-order valence-electron chi connectivity index (χ1n) is 4.60. The molecule has 0 amide bonds. The van der Waals surface area contributed by atoms with Crippen molar-refractivity contribution in [2.24, 2.45) is 10.3 Å². The van der Waals surface area contributed by atoms with Crippen molar-refractivity contribution in [3.05, 3.63) is 35.4 Å². The number of nitrogens with zero attached hydrogens (tertiary/aromatic N) is 2. The lowest BCUT2D eigenvalue weighted by atomic mass is 10.1. The highest BCUT2D eigenvalue weighted by molar-refractivity contribution is 6.47. The van der Waals surface area contributed by atoms with Gasteiger partial charge in [0.15, 0.2) is 0 Å². The molecule has 0 aromatic heterocycles. The van der Waals surface area contributed by atoms with E-state index in [1.807, 2.05) is 0 Å². The van der Waals surface area contributed by atoms with Gasteiger partial charge in [0.2, 0.25) is 0 Å². The van der Waals surface area contributed by atoms with Gasteiger partial charge in [0.25, 0.3) is 0 Å². The fourth-order valence-electron chi connectivity index (χ4n) is 1.19. The number of terminal acetylenes is 1. The Morgan fingerprint density at radius 2 is 2.00 bits per heavy atom. The fourth-order valence-corrected chi connectivity index (χ4v) is 1.19. The van der Waals surface area contributed by atoms with Crippen LogP contribution >= 0.6 is 0 Å². The van der Waals surface area contributed by atoms with Crippen molar-refractivity contribution in [1.82, 2.24) is 0 Å². The first-order valence-corrected chi connectivity index (χ1v) is 4.60. The van der Waals surface area contributed by atoms with Crippen molar-refractivity contribution < 1.29 is 10.0 Å². The third-order valence-electron chi connectivity index (χ3n) is 2.00. The average molecular weight is 216 g/mol. The van der Waals surface area contributed by atoms with Crippen LogP contribution in [0.5, 0.6) is 0 Å². The third kappa shape index (κ3) is 2.61. The van der Waals surface area contributed by atoms with Crippen molar-refractivity contribution in [2.75, 3.05) is 7.11 Å². The Balaban J connectivity index is 3.13. The fraction of sp³-hybridized carbons (Fsp3) is 0.167. The predicted molar refractivity (Wildman–Crippen MR) is 62.8 cm³/mol. The van der Waals surface area contributed by atoms with Crippen molar-refractivity contribution in [3.63, 3.8) is 0 Å². The zero-order chi connectivity index (χ0) is 12.0. The molecule has 0 atom stereocenters. The summed E-state index contributed by atoms with van der Waals surface area (Å²) >= 11 is 0. The molecule has 1 aromatic rings. The van der Waals surface area contributed by atoms with Crippen molar-refractivity contribution >= 4 is 11.4 Å². The number of oxime groups is 2. The van der Waals surface area contributed by atoms with Gasteiger partial charge in [-0.05, 0) is 19.1 Å². The zero-order valence-corrected chi connectivity index (χ0v) is 9.14. The quantitative estimate of drug-likeness (QED) is 0.363. The molecule has 4 heteroatoms. The number of benzene rings is 1. The summed E-state index contributed by atoms with van der Waals surface area (Å²) in [5, 5.41) is 15.6. The number of hydrogen-bond acceptors (Lipinski definition) is 4. The molecule has 0 radical (unpaired) electrons. The van der Waals surface area contributed by atoms with Gasteiger partial charge in [0, 0.05) is 11.1 Å². The highest BCUT2D eigenvalue weighted by atomic mass is 16.6. The molecular weight excluding hydrogens is 204 g/mol. The van der Waals surface area contributed by atoms with Crippen LogP contribution < -0.4 is 0 Å². The van der Waals surface area contributed by atoms with Crippen LogP contribution in [0.3, 0.4) is 0 Å². The average Bonchev–Trinajstić information content (AvgIpc) is 2.35. The van der Waals surface area contributed by atoms with Crippen molar-refractivity contribution in [1.29, 1.82) is 0 Å². The SMILES string of the molecule is C#Cc1ccc(/C(=N/OC)C(C)=NO)cc1. The Kier molecular flexibility index (Phi) is 4.10. The third-order valence-corrected chi connectivity index (χ3v) is 2.00. The lowest BCUT2D eigenvalue weighted by molar-refractivity contribution is 0.214. The van der Waals surface area contributed by atoms with Gasteiger partial charge < -0.3 is 10.0 Å². The van der Waals surface area contributed by atoms with E-state index in [9.17, 15) is 0 Å². The first kappa shape index (κ1) is 11.8. The summed E-state index contributed by atoms with van der Waals surface area (Å²) in [6, 6.07) is 7.15. The molecule has 0 aliphatic rings. The van der Waals surface area contributed by atoms with Crippen LogP contribution in [-0.2, 0) is 4.84 Å². The maximum atomic E-state index is 8.71. The van der Waals surface area contributed by atoms with Crippen LogP contribution in [0.2, 0.25) is 0 Å². The maximum Gasteiger partial charge on any atom is 0.134 e. The number of hydrogen-bond donors (Lipinski definition) is 1. The van der Waals surface area contributed by atoms with Crippen LogP contribution in [0.1, 0.15) is 18.1 Å². The van der Waals surface area contributed by atoms with E-state index in [0.717, 1.165) is 11.1 Å². The van der Waals surface area contributed by atoms with E-state index in [1.165, 1.54) is 7.11 Å². The highest BCUT2D eigenvalue weighted by Gasteiger charge is 2.08. The molecule has 0 unspecified atom stereocenters. The summed E-state index contributed by atoms with van der Waals surface area (Å²) in [4.78, 5) is 4.69. The van der Waals surface area contributed by atoms with Gasteiger partial charge in [-0.25, -0.2) is 0 Å². The monoisotopic (exact) mass is 216 g/mol. The summed E-state index contributed by atoms with van der Waals surface area (Å²) in [6.45, 7) is 1.63. The second-order valence-electron chi connectivity index (χ2n) is 3.03. The normalized spacial score (nSPS) is 12.1. The Morgan fingerprint density at radius 3 is 2.44 bits per heavy atom.